The number of nitrogens with zero attached hydrogens (tertiary/aromatic N) is 4. The second-order valence-corrected chi connectivity index (χ2v) is 7.93. The SMILES string of the molecule is Fc1ccc(-c2cn(C3CCN(C4CCSCC4)CC3)nn2)cc1. The van der Waals surface area contributed by atoms with Crippen molar-refractivity contribution in [3.05, 3.63) is 36.3 Å². The first kappa shape index (κ1) is 16.1. The Kier molecular flexibility index (Phi) is 4.85. The maximum atomic E-state index is 13.0. The number of thioether (sulfide) groups is 1. The zero-order chi connectivity index (χ0) is 16.4. The van der Waals surface area contributed by atoms with Crippen LogP contribution in [0.1, 0.15) is 31.7 Å². The van der Waals surface area contributed by atoms with Crippen LogP contribution in [0.4, 0.5) is 4.39 Å². The smallest absolute Gasteiger partial charge is 0.123 e. The Morgan fingerprint density at radius 2 is 1.67 bits per heavy atom. The molecule has 2 aliphatic heterocycles. The molecule has 0 bridgehead atoms. The first-order valence-electron chi connectivity index (χ1n) is 8.79. The standard InChI is InChI=1S/C18H23FN4S/c19-15-3-1-14(2-4-15)18-13-23(21-20-18)17-5-9-22(10-6-17)16-7-11-24-12-8-16/h1-4,13,16-17H,5-12H2. The number of benzene rings is 1. The maximum absolute atomic E-state index is 13.0. The molecule has 2 fully saturated rings. The average Bonchev–Trinajstić information content (AvgIpc) is 3.13. The first-order chi connectivity index (χ1) is 11.8. The zero-order valence-electron chi connectivity index (χ0n) is 13.8. The van der Waals surface area contributed by atoms with E-state index in [1.54, 1.807) is 12.1 Å². The molecule has 1 aromatic heterocycles. The first-order valence-corrected chi connectivity index (χ1v) is 9.94. The van der Waals surface area contributed by atoms with E-state index >= 15 is 0 Å². The van der Waals surface area contributed by atoms with Crippen molar-refractivity contribution in [2.24, 2.45) is 0 Å². The molecule has 4 nitrogen and oxygen atoms in total. The number of rotatable bonds is 3. The number of likely N-dealkylation sites (tertiary alicyclic amines) is 1. The summed E-state index contributed by atoms with van der Waals surface area (Å²) >= 11 is 2.09. The second kappa shape index (κ2) is 7.23. The lowest BCUT2D eigenvalue weighted by Gasteiger charge is -2.39. The third kappa shape index (κ3) is 3.49. The van der Waals surface area contributed by atoms with E-state index in [-0.39, 0.29) is 5.82 Å². The lowest BCUT2D eigenvalue weighted by atomic mass is 10.0. The van der Waals surface area contributed by atoms with Crippen molar-refractivity contribution < 1.29 is 4.39 Å². The van der Waals surface area contributed by atoms with E-state index in [0.717, 1.165) is 43.2 Å². The van der Waals surface area contributed by atoms with Gasteiger partial charge in [-0.25, -0.2) is 9.07 Å². The monoisotopic (exact) mass is 346 g/mol. The quantitative estimate of drug-likeness (QED) is 0.850. The van der Waals surface area contributed by atoms with Crippen molar-refractivity contribution in [1.82, 2.24) is 19.9 Å². The molecule has 24 heavy (non-hydrogen) atoms. The van der Waals surface area contributed by atoms with Crippen molar-refractivity contribution in [3.63, 3.8) is 0 Å². The highest BCUT2D eigenvalue weighted by Crippen LogP contribution is 2.29. The molecular formula is C18H23FN4S. The summed E-state index contributed by atoms with van der Waals surface area (Å²) in [4.78, 5) is 2.67. The van der Waals surface area contributed by atoms with Gasteiger partial charge in [-0.3, -0.25) is 0 Å². The van der Waals surface area contributed by atoms with Gasteiger partial charge in [-0.15, -0.1) is 5.10 Å². The van der Waals surface area contributed by atoms with Gasteiger partial charge in [0, 0.05) is 24.7 Å². The third-order valence-corrected chi connectivity index (χ3v) is 6.28. The lowest BCUT2D eigenvalue weighted by molar-refractivity contribution is 0.123. The van der Waals surface area contributed by atoms with E-state index in [1.807, 2.05) is 10.9 Å². The van der Waals surface area contributed by atoms with Crippen molar-refractivity contribution in [3.8, 4) is 11.3 Å². The minimum Gasteiger partial charge on any atom is -0.300 e. The number of hydrogen-bond acceptors (Lipinski definition) is 4. The van der Waals surface area contributed by atoms with Gasteiger partial charge in [0.15, 0.2) is 0 Å². The maximum Gasteiger partial charge on any atom is 0.123 e. The summed E-state index contributed by atoms with van der Waals surface area (Å²) in [6.45, 7) is 2.32. The molecule has 2 saturated heterocycles. The van der Waals surface area contributed by atoms with E-state index in [4.69, 9.17) is 0 Å². The Hall–Kier alpha value is -1.40. The molecule has 3 heterocycles. The molecule has 2 aliphatic rings. The molecule has 0 spiro atoms. The highest BCUT2D eigenvalue weighted by molar-refractivity contribution is 7.99. The van der Waals surface area contributed by atoms with Crippen LogP contribution in [-0.2, 0) is 0 Å². The van der Waals surface area contributed by atoms with Crippen LogP contribution in [0.2, 0.25) is 0 Å². The van der Waals surface area contributed by atoms with Crippen LogP contribution >= 0.6 is 11.8 Å². The van der Waals surface area contributed by atoms with Crippen LogP contribution in [0.3, 0.4) is 0 Å². The largest absolute Gasteiger partial charge is 0.300 e. The number of hydrogen-bond donors (Lipinski definition) is 0. The Morgan fingerprint density at radius 3 is 2.38 bits per heavy atom. The fraction of sp³-hybridized carbons (Fsp3) is 0.556. The second-order valence-electron chi connectivity index (χ2n) is 6.70. The van der Waals surface area contributed by atoms with Gasteiger partial charge in [-0.05, 0) is 61.5 Å². The molecule has 1 aromatic carbocycles. The Morgan fingerprint density at radius 1 is 0.958 bits per heavy atom. The molecular weight excluding hydrogens is 323 g/mol. The summed E-state index contributed by atoms with van der Waals surface area (Å²) < 4.78 is 15.0. The van der Waals surface area contributed by atoms with Gasteiger partial charge in [0.05, 0.1) is 12.2 Å². The van der Waals surface area contributed by atoms with E-state index in [9.17, 15) is 4.39 Å². The molecule has 0 unspecified atom stereocenters. The molecule has 0 aliphatic carbocycles. The van der Waals surface area contributed by atoms with Crippen LogP contribution in [0, 0.1) is 5.82 Å². The summed E-state index contributed by atoms with van der Waals surface area (Å²) in [5.74, 6) is 2.41. The number of halogens is 1. The van der Waals surface area contributed by atoms with E-state index in [2.05, 4.69) is 27.0 Å². The van der Waals surface area contributed by atoms with Gasteiger partial charge in [0.2, 0.25) is 0 Å². The van der Waals surface area contributed by atoms with Gasteiger partial charge in [-0.1, -0.05) is 5.21 Å². The van der Waals surface area contributed by atoms with Crippen LogP contribution in [0.5, 0.6) is 0 Å². The highest BCUT2D eigenvalue weighted by Gasteiger charge is 2.27. The summed E-state index contributed by atoms with van der Waals surface area (Å²) in [5, 5.41) is 8.60. The van der Waals surface area contributed by atoms with Gasteiger partial charge < -0.3 is 4.90 Å². The fourth-order valence-electron chi connectivity index (χ4n) is 3.77. The number of aromatic nitrogens is 3. The number of piperidine rings is 1. The van der Waals surface area contributed by atoms with Crippen LogP contribution in [0.15, 0.2) is 30.5 Å². The normalized spacial score (nSPS) is 21.2. The molecule has 6 heteroatoms. The zero-order valence-corrected chi connectivity index (χ0v) is 14.6. The Labute approximate surface area is 146 Å². The summed E-state index contributed by atoms with van der Waals surface area (Å²) in [5.41, 5.74) is 1.74. The van der Waals surface area contributed by atoms with E-state index in [0.29, 0.717) is 6.04 Å². The highest BCUT2D eigenvalue weighted by atomic mass is 32.2. The predicted octanol–water partition coefficient (Wildman–Crippen LogP) is 3.62. The lowest BCUT2D eigenvalue weighted by Crippen LogP contribution is -2.43. The third-order valence-electron chi connectivity index (χ3n) is 5.23. The average molecular weight is 346 g/mol. The van der Waals surface area contributed by atoms with Crippen molar-refractivity contribution >= 4 is 11.8 Å². The molecule has 0 N–H and O–H groups in total. The molecule has 0 saturated carbocycles. The molecule has 128 valence electrons. The van der Waals surface area contributed by atoms with Gasteiger partial charge in [0.1, 0.15) is 11.5 Å². The van der Waals surface area contributed by atoms with Crippen LogP contribution in [-0.4, -0.2) is 50.5 Å². The van der Waals surface area contributed by atoms with Crippen LogP contribution < -0.4 is 0 Å². The summed E-state index contributed by atoms with van der Waals surface area (Å²) in [7, 11) is 0. The van der Waals surface area contributed by atoms with Crippen molar-refractivity contribution in [1.29, 1.82) is 0 Å². The Balaban J connectivity index is 1.38. The topological polar surface area (TPSA) is 34.0 Å². The molecule has 0 atom stereocenters. The molecule has 2 aromatic rings. The van der Waals surface area contributed by atoms with E-state index in [1.165, 1.54) is 36.5 Å². The minimum atomic E-state index is -0.223. The van der Waals surface area contributed by atoms with Gasteiger partial charge in [-0.2, -0.15) is 11.8 Å². The molecule has 4 rings (SSSR count). The molecule has 0 radical (unpaired) electrons. The van der Waals surface area contributed by atoms with Gasteiger partial charge >= 0.3 is 0 Å². The van der Waals surface area contributed by atoms with Crippen molar-refractivity contribution in [2.45, 2.75) is 37.8 Å². The molecule has 0 amide bonds. The Bertz CT molecular complexity index is 658. The van der Waals surface area contributed by atoms with Gasteiger partial charge in [0.25, 0.3) is 0 Å². The van der Waals surface area contributed by atoms with Crippen molar-refractivity contribution in [2.75, 3.05) is 24.6 Å². The van der Waals surface area contributed by atoms with Crippen LogP contribution in [0.25, 0.3) is 11.3 Å². The summed E-state index contributed by atoms with van der Waals surface area (Å²) in [6.07, 6.45) is 6.96. The predicted molar refractivity (Wildman–Crippen MR) is 95.6 cm³/mol. The summed E-state index contributed by atoms with van der Waals surface area (Å²) in [6, 6.07) is 7.67. The minimum absolute atomic E-state index is 0.223. The van der Waals surface area contributed by atoms with E-state index < -0.39 is 0 Å². The fourth-order valence-corrected chi connectivity index (χ4v) is 4.86.